The molecule has 6 heteroatoms. The Balaban J connectivity index is 1.91. The van der Waals surface area contributed by atoms with Crippen LogP contribution in [0, 0.1) is 0 Å². The van der Waals surface area contributed by atoms with Gasteiger partial charge in [-0.15, -0.1) is 0 Å². The zero-order valence-electron chi connectivity index (χ0n) is 9.00. The number of amides is 1. The van der Waals surface area contributed by atoms with E-state index in [0.29, 0.717) is 6.54 Å². The van der Waals surface area contributed by atoms with Crippen LogP contribution >= 0.6 is 0 Å². The number of carbonyl (C=O) groups excluding carboxylic acids is 1. The highest BCUT2D eigenvalue weighted by atomic mass is 16.5. The fourth-order valence-corrected chi connectivity index (χ4v) is 1.43. The lowest BCUT2D eigenvalue weighted by molar-refractivity contribution is -0.761. The molecule has 0 saturated heterocycles. The Morgan fingerprint density at radius 3 is 2.88 bits per heavy atom. The molecule has 0 aliphatic carbocycles. The predicted molar refractivity (Wildman–Crippen MR) is 55.9 cm³/mol. The number of nitrogens with one attached hydrogen (secondary N) is 1. The molecule has 0 bridgehead atoms. The Labute approximate surface area is 97.5 Å². The molecule has 1 amide bonds. The van der Waals surface area contributed by atoms with Gasteiger partial charge in [0.15, 0.2) is 6.54 Å². The second-order valence-corrected chi connectivity index (χ2v) is 3.48. The molecule has 0 aliphatic rings. The summed E-state index contributed by atoms with van der Waals surface area (Å²) < 4.78 is 6.27. The lowest BCUT2D eigenvalue weighted by Crippen LogP contribution is -2.36. The quantitative estimate of drug-likeness (QED) is 0.751. The molecule has 0 fully saturated rings. The average molecular weight is 233 g/mol. The minimum absolute atomic E-state index is 0.0538. The van der Waals surface area contributed by atoms with Gasteiger partial charge in [0.05, 0.1) is 0 Å². The van der Waals surface area contributed by atoms with E-state index in [1.165, 1.54) is 16.4 Å². The first-order chi connectivity index (χ1) is 8.24. The smallest absolute Gasteiger partial charge is 0.301 e. The van der Waals surface area contributed by atoms with E-state index in [0.717, 1.165) is 6.42 Å². The molecule has 1 N–H and O–H groups in total. The van der Waals surface area contributed by atoms with Gasteiger partial charge < -0.3 is 15.2 Å². The third-order valence-electron chi connectivity index (χ3n) is 2.21. The molecule has 1 aromatic heterocycles. The normalized spacial score (nSPS) is 10.1. The maximum absolute atomic E-state index is 10.2. The van der Waals surface area contributed by atoms with Crippen LogP contribution in [-0.2, 0) is 13.0 Å². The summed E-state index contributed by atoms with van der Waals surface area (Å²) in [5, 5.41) is 15.9. The number of benzene rings is 1. The highest BCUT2D eigenvalue weighted by Crippen LogP contribution is 2.01. The molecule has 0 saturated carbocycles. The van der Waals surface area contributed by atoms with Crippen LogP contribution in [-0.4, -0.2) is 11.4 Å². The number of carboxylic acid groups (broad SMARTS) is 1. The number of hydrogen-bond acceptors (Lipinski definition) is 4. The maximum Gasteiger partial charge on any atom is 0.301 e. The number of nitrogens with zero attached hydrogens (tertiary/aromatic N) is 2. The van der Waals surface area contributed by atoms with Crippen molar-refractivity contribution in [1.82, 2.24) is 5.27 Å². The third kappa shape index (κ3) is 3.30. The Hall–Kier alpha value is -2.37. The molecular weight excluding hydrogens is 222 g/mol. The van der Waals surface area contributed by atoms with Gasteiger partial charge in [0, 0.05) is 6.42 Å². The van der Waals surface area contributed by atoms with E-state index in [1.807, 2.05) is 35.6 Å². The van der Waals surface area contributed by atoms with Crippen molar-refractivity contribution in [3.63, 3.8) is 0 Å². The lowest BCUT2D eigenvalue weighted by atomic mass is 10.1. The lowest BCUT2D eigenvalue weighted by Gasteiger charge is -1.96. The molecule has 0 radical (unpaired) electrons. The van der Waals surface area contributed by atoms with Crippen molar-refractivity contribution in [2.45, 2.75) is 13.0 Å². The first kappa shape index (κ1) is 11.1. The van der Waals surface area contributed by atoms with Gasteiger partial charge in [-0.05, 0) is 5.56 Å². The van der Waals surface area contributed by atoms with Crippen molar-refractivity contribution in [1.29, 1.82) is 0 Å². The van der Waals surface area contributed by atoms with Crippen LogP contribution in [0.3, 0.4) is 0 Å². The second-order valence-electron chi connectivity index (χ2n) is 3.48. The van der Waals surface area contributed by atoms with E-state index in [1.54, 1.807) is 0 Å². The zero-order valence-corrected chi connectivity index (χ0v) is 9.00. The highest BCUT2D eigenvalue weighted by Gasteiger charge is 2.10. The predicted octanol–water partition coefficient (Wildman–Crippen LogP) is -0.0400. The summed E-state index contributed by atoms with van der Waals surface area (Å²) in [5.41, 5.74) is 1.18. The maximum atomic E-state index is 10.2. The molecule has 2 aromatic rings. The van der Waals surface area contributed by atoms with Crippen molar-refractivity contribution in [3.05, 3.63) is 42.1 Å². The number of aromatic nitrogens is 2. The number of rotatable bonds is 4. The first-order valence-corrected chi connectivity index (χ1v) is 5.12. The molecule has 0 spiro atoms. The Morgan fingerprint density at radius 1 is 1.41 bits per heavy atom. The molecule has 1 heterocycles. The van der Waals surface area contributed by atoms with E-state index in [4.69, 9.17) is 4.52 Å². The summed E-state index contributed by atoms with van der Waals surface area (Å²) in [6, 6.07) is 9.91. The average Bonchev–Trinajstić information content (AvgIpc) is 2.75. The third-order valence-corrected chi connectivity index (χ3v) is 2.21. The van der Waals surface area contributed by atoms with Gasteiger partial charge >= 0.3 is 5.88 Å². The highest BCUT2D eigenvalue weighted by molar-refractivity contribution is 5.78. The van der Waals surface area contributed by atoms with Gasteiger partial charge in [-0.2, -0.15) is 0 Å². The molecule has 1 aromatic carbocycles. The standard InChI is InChI=1S/C11H11N3O3/c15-11(16)12-10-8-14(13-17-10)7-6-9-4-2-1-3-5-9/h1-5,8H,6-7H2,(H-,12,13,15,16). The van der Waals surface area contributed by atoms with E-state index >= 15 is 0 Å². The largest absolute Gasteiger partial charge is 0.530 e. The van der Waals surface area contributed by atoms with Gasteiger partial charge in [-0.25, -0.2) is 0 Å². The van der Waals surface area contributed by atoms with Gasteiger partial charge in [-0.1, -0.05) is 35.0 Å². The summed E-state index contributed by atoms with van der Waals surface area (Å²) in [6.07, 6.45) is 0.845. The minimum Gasteiger partial charge on any atom is -0.530 e. The number of hydrogen-bond donors (Lipinski definition) is 1. The number of aryl methyl sites for hydroxylation is 2. The van der Waals surface area contributed by atoms with E-state index < -0.39 is 6.09 Å². The summed E-state index contributed by atoms with van der Waals surface area (Å²) in [7, 11) is 0. The molecular formula is C11H11N3O3. The van der Waals surface area contributed by atoms with Crippen LogP contribution in [0.4, 0.5) is 10.7 Å². The minimum atomic E-state index is -1.42. The fourth-order valence-electron chi connectivity index (χ4n) is 1.43. The zero-order chi connectivity index (χ0) is 12.1. The fraction of sp³-hybridized carbons (Fsp3) is 0.182. The molecule has 0 aliphatic heterocycles. The monoisotopic (exact) mass is 233 g/mol. The van der Waals surface area contributed by atoms with Crippen LogP contribution in [0.25, 0.3) is 0 Å². The first-order valence-electron chi connectivity index (χ1n) is 5.12. The molecule has 0 atom stereocenters. The number of carbonyl (C=O) groups is 1. The van der Waals surface area contributed by atoms with Crippen molar-refractivity contribution in [2.75, 3.05) is 5.32 Å². The van der Waals surface area contributed by atoms with Crippen LogP contribution in [0.5, 0.6) is 0 Å². The molecule has 17 heavy (non-hydrogen) atoms. The van der Waals surface area contributed by atoms with Crippen LogP contribution < -0.4 is 15.1 Å². The Kier molecular flexibility index (Phi) is 3.34. The van der Waals surface area contributed by atoms with Crippen molar-refractivity contribution < 1.29 is 19.1 Å². The molecule has 88 valence electrons. The SMILES string of the molecule is O=C([O-])Nc1c[n+](CCc2ccccc2)no1. The molecule has 0 unspecified atom stereocenters. The summed E-state index contributed by atoms with van der Waals surface area (Å²) in [4.78, 5) is 10.2. The van der Waals surface area contributed by atoms with E-state index in [9.17, 15) is 9.90 Å². The summed E-state index contributed by atoms with van der Waals surface area (Å²) in [5.74, 6) is 0.0538. The summed E-state index contributed by atoms with van der Waals surface area (Å²) in [6.45, 7) is 0.613. The van der Waals surface area contributed by atoms with Gasteiger partial charge in [0.25, 0.3) is 6.20 Å². The van der Waals surface area contributed by atoms with Crippen molar-refractivity contribution in [3.8, 4) is 0 Å². The van der Waals surface area contributed by atoms with Crippen LogP contribution in [0.2, 0.25) is 0 Å². The van der Waals surface area contributed by atoms with Crippen LogP contribution in [0.1, 0.15) is 5.56 Å². The van der Waals surface area contributed by atoms with Crippen molar-refractivity contribution in [2.24, 2.45) is 0 Å². The summed E-state index contributed by atoms with van der Waals surface area (Å²) >= 11 is 0. The van der Waals surface area contributed by atoms with E-state index in [2.05, 4.69) is 5.27 Å². The molecule has 6 nitrogen and oxygen atoms in total. The van der Waals surface area contributed by atoms with Gasteiger partial charge in [0.2, 0.25) is 5.27 Å². The topological polar surface area (TPSA) is 82.1 Å². The van der Waals surface area contributed by atoms with Crippen molar-refractivity contribution >= 4 is 12.0 Å². The Morgan fingerprint density at radius 2 is 2.18 bits per heavy atom. The Bertz CT molecular complexity index is 496. The van der Waals surface area contributed by atoms with Crippen LogP contribution in [0.15, 0.2) is 41.1 Å². The van der Waals surface area contributed by atoms with Gasteiger partial charge in [0.1, 0.15) is 6.09 Å². The molecule has 2 rings (SSSR count). The second kappa shape index (κ2) is 5.11. The van der Waals surface area contributed by atoms with Gasteiger partial charge in [-0.3, -0.25) is 4.52 Å². The van der Waals surface area contributed by atoms with E-state index in [-0.39, 0.29) is 5.88 Å². The number of anilines is 1.